The van der Waals surface area contributed by atoms with Crippen LogP contribution in [0.5, 0.6) is 0 Å². The molecule has 1 nitrogen and oxygen atoms in total. The minimum Gasteiger partial charge on any atom is -0.309 e. The Kier molecular flexibility index (Phi) is 9.87. The van der Waals surface area contributed by atoms with Gasteiger partial charge in [0.2, 0.25) is 0 Å². The Hall–Kier alpha value is -3.62. The fourth-order valence-corrected chi connectivity index (χ4v) is 9.55. The Labute approximate surface area is 312 Å². The second-order valence-corrected chi connectivity index (χ2v) is 18.4. The average molecular weight is 694 g/mol. The largest absolute Gasteiger partial charge is 0.309 e. The molecule has 2 heteroatoms. The maximum absolute atomic E-state index is 2.62. The molecule has 0 N–H and O–H groups in total. The van der Waals surface area contributed by atoms with E-state index in [4.69, 9.17) is 0 Å². The van der Waals surface area contributed by atoms with Crippen molar-refractivity contribution in [1.82, 2.24) is 4.57 Å². The minimum atomic E-state index is 0.0208. The van der Waals surface area contributed by atoms with E-state index in [1.54, 1.807) is 11.1 Å². The Morgan fingerprint density at radius 1 is 0.569 bits per heavy atom. The van der Waals surface area contributed by atoms with Gasteiger partial charge in [-0.3, -0.25) is 0 Å². The molecule has 2 aromatic heterocycles. The predicted octanol–water partition coefficient (Wildman–Crippen LogP) is 15.3. The normalized spacial score (nSPS) is 14.0. The van der Waals surface area contributed by atoms with Crippen molar-refractivity contribution in [3.05, 3.63) is 113 Å². The fraction of sp³-hybridized carbons (Fsp3) is 0.429. The lowest BCUT2D eigenvalue weighted by molar-refractivity contribution is 0.401. The van der Waals surface area contributed by atoms with Gasteiger partial charge in [-0.25, -0.2) is 0 Å². The number of nitrogens with zero attached hydrogens (tertiary/aromatic N) is 1. The predicted molar refractivity (Wildman–Crippen MR) is 225 cm³/mol. The zero-order valence-corrected chi connectivity index (χ0v) is 33.4. The van der Waals surface area contributed by atoms with Crippen molar-refractivity contribution in [2.45, 2.75) is 136 Å². The van der Waals surface area contributed by atoms with Crippen molar-refractivity contribution < 1.29 is 0 Å². The summed E-state index contributed by atoms with van der Waals surface area (Å²) in [5.74, 6) is 0. The molecule has 0 amide bonds. The van der Waals surface area contributed by atoms with Crippen LogP contribution in [0.1, 0.15) is 142 Å². The Balaban J connectivity index is 1.46. The van der Waals surface area contributed by atoms with E-state index in [1.165, 1.54) is 124 Å². The Morgan fingerprint density at radius 3 is 1.63 bits per heavy atom. The molecule has 0 fully saturated rings. The molecule has 51 heavy (non-hydrogen) atoms. The van der Waals surface area contributed by atoms with Gasteiger partial charge >= 0.3 is 0 Å². The van der Waals surface area contributed by atoms with E-state index in [0.29, 0.717) is 0 Å². The first kappa shape index (κ1) is 35.8. The van der Waals surface area contributed by atoms with Crippen LogP contribution in [0.15, 0.2) is 90.3 Å². The smallest absolute Gasteiger partial charge is 0.0541 e. The average Bonchev–Trinajstić information content (AvgIpc) is 3.82. The summed E-state index contributed by atoms with van der Waals surface area (Å²) >= 11 is 1.86. The summed E-state index contributed by atoms with van der Waals surface area (Å²) in [5, 5.41) is 4.93. The van der Waals surface area contributed by atoms with Crippen molar-refractivity contribution in [2.24, 2.45) is 0 Å². The van der Waals surface area contributed by atoms with Gasteiger partial charge in [-0.05, 0) is 117 Å². The maximum atomic E-state index is 2.62. The molecule has 7 rings (SSSR count). The van der Waals surface area contributed by atoms with E-state index in [1.807, 2.05) is 11.3 Å². The highest BCUT2D eigenvalue weighted by Gasteiger charge is 2.43. The van der Waals surface area contributed by atoms with Crippen molar-refractivity contribution in [3.63, 3.8) is 0 Å². The zero-order valence-electron chi connectivity index (χ0n) is 32.6. The van der Waals surface area contributed by atoms with E-state index in [2.05, 4.69) is 150 Å². The molecule has 6 aromatic rings. The van der Waals surface area contributed by atoms with Gasteiger partial charge in [0.25, 0.3) is 0 Å². The highest BCUT2D eigenvalue weighted by Crippen LogP contribution is 2.56. The van der Waals surface area contributed by atoms with E-state index in [-0.39, 0.29) is 16.2 Å². The van der Waals surface area contributed by atoms with Crippen molar-refractivity contribution in [2.75, 3.05) is 0 Å². The summed E-state index contributed by atoms with van der Waals surface area (Å²) < 4.78 is 2.57. The zero-order chi connectivity index (χ0) is 36.0. The van der Waals surface area contributed by atoms with Crippen LogP contribution in [0.2, 0.25) is 0 Å². The molecular formula is C49H59NS. The summed E-state index contributed by atoms with van der Waals surface area (Å²) in [6, 6.07) is 33.9. The summed E-state index contributed by atoms with van der Waals surface area (Å²) in [6.45, 7) is 18.6. The lowest BCUT2D eigenvalue weighted by Crippen LogP contribution is -2.26. The summed E-state index contributed by atoms with van der Waals surface area (Å²) in [4.78, 5) is 1.37. The molecule has 1 aliphatic rings. The molecule has 0 saturated heterocycles. The Bertz CT molecular complexity index is 2060. The van der Waals surface area contributed by atoms with Gasteiger partial charge in [-0.15, -0.1) is 11.3 Å². The molecule has 0 saturated carbocycles. The van der Waals surface area contributed by atoms with Crippen LogP contribution in [0.4, 0.5) is 0 Å². The van der Waals surface area contributed by atoms with Crippen molar-refractivity contribution in [1.29, 1.82) is 0 Å². The summed E-state index contributed by atoms with van der Waals surface area (Å²) in [6.07, 6.45) is 12.8. The van der Waals surface area contributed by atoms with Crippen LogP contribution >= 0.6 is 11.3 Å². The third-order valence-corrected chi connectivity index (χ3v) is 12.7. The second-order valence-electron chi connectivity index (χ2n) is 17.5. The van der Waals surface area contributed by atoms with Gasteiger partial charge in [0.05, 0.1) is 11.0 Å². The first-order chi connectivity index (χ1) is 24.5. The molecule has 0 bridgehead atoms. The highest BCUT2D eigenvalue weighted by atomic mass is 32.1. The number of aromatic nitrogens is 1. The minimum absolute atomic E-state index is 0.0208. The van der Waals surface area contributed by atoms with E-state index in [9.17, 15) is 0 Å². The van der Waals surface area contributed by atoms with Gasteiger partial charge in [0, 0.05) is 26.8 Å². The number of thiophene rings is 1. The summed E-state index contributed by atoms with van der Waals surface area (Å²) in [7, 11) is 0. The molecule has 266 valence electrons. The molecule has 2 heterocycles. The molecule has 4 aromatic carbocycles. The second kappa shape index (κ2) is 14.1. The van der Waals surface area contributed by atoms with Crippen LogP contribution in [0.3, 0.4) is 0 Å². The Morgan fingerprint density at radius 2 is 1.12 bits per heavy atom. The number of hydrogen-bond donors (Lipinski definition) is 0. The lowest BCUT2D eigenvalue weighted by atomic mass is 9.70. The van der Waals surface area contributed by atoms with E-state index >= 15 is 0 Å². The van der Waals surface area contributed by atoms with Crippen LogP contribution < -0.4 is 0 Å². The number of rotatable bonds is 12. The topological polar surface area (TPSA) is 4.93 Å². The van der Waals surface area contributed by atoms with Gasteiger partial charge in [-0.2, -0.15) is 0 Å². The summed E-state index contributed by atoms with van der Waals surface area (Å²) in [5.41, 5.74) is 14.3. The van der Waals surface area contributed by atoms with Crippen LogP contribution in [-0.4, -0.2) is 4.57 Å². The molecule has 0 aliphatic heterocycles. The SMILES string of the molecule is CCCCCCC1(CCCCCC)c2cc(-c3cccs3)ccc2-c2ccc(-n3c4ccc(C(C)(C)C)cc4c4cc(C(C)(C)C)ccc43)cc21. The molecule has 0 unspecified atom stereocenters. The third-order valence-electron chi connectivity index (χ3n) is 11.8. The van der Waals surface area contributed by atoms with Crippen LogP contribution in [0.25, 0.3) is 49.1 Å². The fourth-order valence-electron chi connectivity index (χ4n) is 8.82. The third kappa shape index (κ3) is 6.63. The van der Waals surface area contributed by atoms with Gasteiger partial charge in [0.15, 0.2) is 0 Å². The lowest BCUT2D eigenvalue weighted by Gasteiger charge is -2.33. The quantitative estimate of drug-likeness (QED) is 0.112. The van der Waals surface area contributed by atoms with Gasteiger partial charge in [0.1, 0.15) is 0 Å². The monoisotopic (exact) mass is 693 g/mol. The first-order valence-corrected chi connectivity index (χ1v) is 20.8. The number of hydrogen-bond acceptors (Lipinski definition) is 1. The van der Waals surface area contributed by atoms with E-state index < -0.39 is 0 Å². The van der Waals surface area contributed by atoms with Gasteiger partial charge < -0.3 is 4.57 Å². The number of fused-ring (bicyclic) bond motifs is 6. The molecule has 0 atom stereocenters. The molecular weight excluding hydrogens is 635 g/mol. The molecule has 1 aliphatic carbocycles. The van der Waals surface area contributed by atoms with Crippen molar-refractivity contribution in [3.8, 4) is 27.3 Å². The van der Waals surface area contributed by atoms with E-state index in [0.717, 1.165) is 0 Å². The highest BCUT2D eigenvalue weighted by molar-refractivity contribution is 7.13. The molecule has 0 radical (unpaired) electrons. The van der Waals surface area contributed by atoms with Gasteiger partial charge in [-0.1, -0.05) is 143 Å². The van der Waals surface area contributed by atoms with Crippen LogP contribution in [-0.2, 0) is 16.2 Å². The van der Waals surface area contributed by atoms with Crippen LogP contribution in [0, 0.1) is 0 Å². The standard InChI is InChI=1S/C49H59NS/c1-9-11-13-15-27-49(28-16-14-12-10-2)42-30-34(46-18-17-29-51-46)19-23-38(42)39-24-22-37(33-43(39)49)50-44-25-20-35(47(3,4)5)31-40(44)41-32-36(48(6,7)8)21-26-45(41)50/h17-26,29-33H,9-16,27-28H2,1-8H3. The number of unbranched alkanes of at least 4 members (excludes halogenated alkanes) is 6. The first-order valence-electron chi connectivity index (χ1n) is 19.9. The number of benzene rings is 4. The van der Waals surface area contributed by atoms with Crippen molar-refractivity contribution >= 4 is 33.1 Å². The maximum Gasteiger partial charge on any atom is 0.0541 e. The molecule has 0 spiro atoms.